The molecule has 2 nitrogen and oxygen atoms in total. The van der Waals surface area contributed by atoms with Gasteiger partial charge in [-0.15, -0.1) is 23.5 Å². The molecule has 4 heteroatoms. The Hall–Kier alpha value is -0.870. The summed E-state index contributed by atoms with van der Waals surface area (Å²) in [6.45, 7) is 1.72. The second-order valence-corrected chi connectivity index (χ2v) is 7.13. The van der Waals surface area contributed by atoms with E-state index in [1.807, 2.05) is 11.8 Å². The van der Waals surface area contributed by atoms with Crippen molar-refractivity contribution < 1.29 is 9.90 Å². The molecule has 0 spiro atoms. The highest BCUT2D eigenvalue weighted by atomic mass is 32.2. The summed E-state index contributed by atoms with van der Waals surface area (Å²) in [6.07, 6.45) is 4.29. The van der Waals surface area contributed by atoms with Gasteiger partial charge in [-0.25, -0.2) is 0 Å². The van der Waals surface area contributed by atoms with Crippen molar-refractivity contribution in [2.24, 2.45) is 5.92 Å². The summed E-state index contributed by atoms with van der Waals surface area (Å²) in [5.74, 6) is 1.68. The minimum atomic E-state index is 0.105. The van der Waals surface area contributed by atoms with Crippen LogP contribution in [0.5, 0.6) is 0 Å². The van der Waals surface area contributed by atoms with Crippen LogP contribution in [0.3, 0.4) is 0 Å². The molecule has 1 N–H and O–H groups in total. The molecule has 0 radical (unpaired) electrons. The van der Waals surface area contributed by atoms with Gasteiger partial charge in [-0.3, -0.25) is 4.79 Å². The minimum Gasteiger partial charge on any atom is -0.512 e. The molecule has 1 unspecified atom stereocenters. The fourth-order valence-corrected chi connectivity index (χ4v) is 3.72. The Kier molecular flexibility index (Phi) is 5.61. The van der Waals surface area contributed by atoms with E-state index in [0.717, 1.165) is 12.2 Å². The Balaban J connectivity index is 1.80. The van der Waals surface area contributed by atoms with Crippen molar-refractivity contribution in [3.8, 4) is 0 Å². The van der Waals surface area contributed by atoms with Gasteiger partial charge in [0.25, 0.3) is 0 Å². The number of aliphatic hydroxyl groups is 1. The topological polar surface area (TPSA) is 37.3 Å². The van der Waals surface area contributed by atoms with Crippen molar-refractivity contribution in [2.45, 2.75) is 36.0 Å². The average Bonchev–Trinajstić information content (AvgIpc) is 2.45. The number of ketones is 1. The highest BCUT2D eigenvalue weighted by Crippen LogP contribution is 2.30. The molecule has 1 aliphatic carbocycles. The van der Waals surface area contributed by atoms with Crippen LogP contribution >= 0.6 is 23.5 Å². The van der Waals surface area contributed by atoms with E-state index in [2.05, 4.69) is 30.5 Å². The lowest BCUT2D eigenvalue weighted by molar-refractivity contribution is -0.117. The van der Waals surface area contributed by atoms with Crippen LogP contribution in [0.2, 0.25) is 0 Å². The molecule has 0 aromatic heterocycles. The maximum atomic E-state index is 11.7. The molecule has 1 atom stereocenters. The second-order valence-electron chi connectivity index (χ2n) is 5.08. The Morgan fingerprint density at radius 3 is 2.45 bits per heavy atom. The van der Waals surface area contributed by atoms with E-state index in [0.29, 0.717) is 30.1 Å². The number of hydrogen-bond donors (Lipinski definition) is 1. The van der Waals surface area contributed by atoms with Crippen molar-refractivity contribution in [2.75, 3.05) is 12.0 Å². The van der Waals surface area contributed by atoms with E-state index in [9.17, 15) is 9.90 Å². The first kappa shape index (κ1) is 15.5. The van der Waals surface area contributed by atoms with E-state index in [4.69, 9.17) is 0 Å². The first-order valence-corrected chi connectivity index (χ1v) is 9.00. The van der Waals surface area contributed by atoms with Crippen molar-refractivity contribution in [3.63, 3.8) is 0 Å². The number of carbonyl (C=O) groups excluding carboxylic acids is 1. The highest BCUT2D eigenvalue weighted by molar-refractivity contribution is 7.99. The van der Waals surface area contributed by atoms with Crippen molar-refractivity contribution in [1.29, 1.82) is 0 Å². The minimum absolute atomic E-state index is 0.105. The van der Waals surface area contributed by atoms with Gasteiger partial charge >= 0.3 is 0 Å². The van der Waals surface area contributed by atoms with Gasteiger partial charge in [0.15, 0.2) is 5.78 Å². The number of carbonyl (C=O) groups is 1. The van der Waals surface area contributed by atoms with E-state index in [-0.39, 0.29) is 5.78 Å². The van der Waals surface area contributed by atoms with Crippen LogP contribution < -0.4 is 0 Å². The highest BCUT2D eigenvalue weighted by Gasteiger charge is 2.24. The molecule has 0 amide bonds. The Morgan fingerprint density at radius 1 is 1.20 bits per heavy atom. The molecule has 20 heavy (non-hydrogen) atoms. The molecule has 2 rings (SSSR count). The van der Waals surface area contributed by atoms with Crippen molar-refractivity contribution in [1.82, 2.24) is 0 Å². The zero-order valence-electron chi connectivity index (χ0n) is 11.9. The summed E-state index contributed by atoms with van der Waals surface area (Å²) >= 11 is 3.56. The fraction of sp³-hybridized carbons (Fsp3) is 0.438. The molecule has 0 saturated heterocycles. The predicted octanol–water partition coefficient (Wildman–Crippen LogP) is 4.70. The number of benzene rings is 1. The predicted molar refractivity (Wildman–Crippen MR) is 86.6 cm³/mol. The molecule has 0 heterocycles. The van der Waals surface area contributed by atoms with Gasteiger partial charge in [0.1, 0.15) is 0 Å². The van der Waals surface area contributed by atoms with E-state index in [1.165, 1.54) is 9.79 Å². The fourth-order valence-electron chi connectivity index (χ4n) is 2.29. The molecule has 0 saturated carbocycles. The molecule has 108 valence electrons. The summed E-state index contributed by atoms with van der Waals surface area (Å²) in [7, 11) is 0. The molecule has 0 bridgehead atoms. The van der Waals surface area contributed by atoms with Gasteiger partial charge in [-0.05, 0) is 55.5 Å². The number of rotatable bonds is 5. The normalized spacial score (nSPS) is 19.5. The molecule has 1 aromatic carbocycles. The largest absolute Gasteiger partial charge is 0.512 e. The molecular formula is C16H20O2S2. The average molecular weight is 308 g/mol. The third-order valence-electron chi connectivity index (χ3n) is 3.66. The van der Waals surface area contributed by atoms with Gasteiger partial charge in [-0.1, -0.05) is 0 Å². The summed E-state index contributed by atoms with van der Waals surface area (Å²) in [5, 5.41) is 9.74. The van der Waals surface area contributed by atoms with Crippen LogP contribution in [-0.4, -0.2) is 22.9 Å². The number of hydrogen-bond acceptors (Lipinski definition) is 4. The number of allylic oxidation sites excluding steroid dienone is 2. The van der Waals surface area contributed by atoms with E-state index >= 15 is 0 Å². The Bertz CT molecular complexity index is 506. The summed E-state index contributed by atoms with van der Waals surface area (Å²) < 4.78 is 0. The van der Waals surface area contributed by atoms with Crippen LogP contribution in [0.4, 0.5) is 0 Å². The summed E-state index contributed by atoms with van der Waals surface area (Å²) in [5.41, 5.74) is 0.557. The number of Topliss-reactive ketones (excluding diaryl/α,β-unsaturated/α-hetero) is 1. The van der Waals surface area contributed by atoms with Gasteiger partial charge in [0.2, 0.25) is 0 Å². The second kappa shape index (κ2) is 7.23. The van der Waals surface area contributed by atoms with Crippen LogP contribution in [0, 0.1) is 5.92 Å². The maximum Gasteiger partial charge on any atom is 0.162 e. The third-order valence-corrected chi connectivity index (χ3v) is 5.45. The van der Waals surface area contributed by atoms with Crippen molar-refractivity contribution >= 4 is 29.3 Å². The van der Waals surface area contributed by atoms with E-state index < -0.39 is 0 Å². The van der Waals surface area contributed by atoms with Crippen LogP contribution in [-0.2, 0) is 4.79 Å². The van der Waals surface area contributed by atoms with Crippen LogP contribution in [0.1, 0.15) is 26.2 Å². The Morgan fingerprint density at radius 2 is 1.85 bits per heavy atom. The SMILES string of the molecule is CSc1ccc(SCCC2CC(=O)C(C)=C(O)C2)cc1. The number of aliphatic hydroxyl groups excluding tert-OH is 1. The molecular weight excluding hydrogens is 288 g/mol. The molecule has 0 fully saturated rings. The molecule has 1 aliphatic rings. The third kappa shape index (κ3) is 4.06. The lowest BCUT2D eigenvalue weighted by Crippen LogP contribution is -2.18. The van der Waals surface area contributed by atoms with Gasteiger partial charge in [0.05, 0.1) is 5.76 Å². The number of thioether (sulfide) groups is 2. The summed E-state index contributed by atoms with van der Waals surface area (Å²) in [4.78, 5) is 14.2. The van der Waals surface area contributed by atoms with Gasteiger partial charge in [-0.2, -0.15) is 0 Å². The lowest BCUT2D eigenvalue weighted by Gasteiger charge is -2.21. The van der Waals surface area contributed by atoms with E-state index in [1.54, 1.807) is 18.7 Å². The van der Waals surface area contributed by atoms with Gasteiger partial charge < -0.3 is 5.11 Å². The maximum absolute atomic E-state index is 11.7. The zero-order chi connectivity index (χ0) is 14.5. The summed E-state index contributed by atoms with van der Waals surface area (Å²) in [6, 6.07) is 8.55. The Labute approximate surface area is 129 Å². The monoisotopic (exact) mass is 308 g/mol. The van der Waals surface area contributed by atoms with Crippen molar-refractivity contribution in [3.05, 3.63) is 35.6 Å². The standard InChI is InChI=1S/C16H20O2S2/c1-11-15(17)9-12(10-16(11)18)7-8-20-14-5-3-13(19-2)4-6-14/h3-6,12,17H,7-10H2,1-2H3. The first-order valence-electron chi connectivity index (χ1n) is 6.79. The lowest BCUT2D eigenvalue weighted by atomic mass is 9.86. The molecule has 0 aliphatic heterocycles. The quantitative estimate of drug-likeness (QED) is 0.800. The van der Waals surface area contributed by atoms with Crippen LogP contribution in [0.15, 0.2) is 45.4 Å². The molecule has 1 aromatic rings. The smallest absolute Gasteiger partial charge is 0.162 e. The van der Waals surface area contributed by atoms with Gasteiger partial charge in [0, 0.05) is 28.2 Å². The first-order chi connectivity index (χ1) is 9.60. The zero-order valence-corrected chi connectivity index (χ0v) is 13.5. The van der Waals surface area contributed by atoms with Crippen LogP contribution in [0.25, 0.3) is 0 Å².